The van der Waals surface area contributed by atoms with E-state index in [-0.39, 0.29) is 34.5 Å². The molecular formula is C34H32N4O10. The molecule has 0 bridgehead atoms. The van der Waals surface area contributed by atoms with Gasteiger partial charge in [0, 0.05) is 36.9 Å². The first-order chi connectivity index (χ1) is 23.0. The molecule has 2 aromatic heterocycles. The SMILES string of the molecule is COc1cc(/C=C/C(=O)O)cc(OC)c1O.COc1cc(/C=C/C(=O)O)cc(OC)c1O.N#Cc1ccncc1.N#Cc1ccncc1. The predicted octanol–water partition coefficient (Wildman–Crippen LogP) is 4.92. The number of aromatic nitrogens is 2. The van der Waals surface area contributed by atoms with Crippen molar-refractivity contribution in [1.29, 1.82) is 10.5 Å². The molecule has 0 spiro atoms. The van der Waals surface area contributed by atoms with Crippen LogP contribution in [-0.2, 0) is 9.59 Å². The molecule has 4 N–H and O–H groups in total. The van der Waals surface area contributed by atoms with E-state index in [1.165, 1.54) is 64.9 Å². The Kier molecular flexibility index (Phi) is 17.5. The van der Waals surface area contributed by atoms with Crippen molar-refractivity contribution in [2.45, 2.75) is 0 Å². The third kappa shape index (κ3) is 14.1. The molecule has 0 radical (unpaired) electrons. The molecule has 14 nitrogen and oxygen atoms in total. The number of phenolic OH excluding ortho intramolecular Hbond substituents is 2. The van der Waals surface area contributed by atoms with Crippen LogP contribution in [0.15, 0.2) is 85.5 Å². The number of phenols is 2. The summed E-state index contributed by atoms with van der Waals surface area (Å²) < 4.78 is 19.7. The number of nitrogens with zero attached hydrogens (tertiary/aromatic N) is 4. The lowest BCUT2D eigenvalue weighted by Crippen LogP contribution is -1.91. The molecule has 2 heterocycles. The first kappa shape index (κ1) is 39.0. The van der Waals surface area contributed by atoms with Gasteiger partial charge in [-0.25, -0.2) is 9.59 Å². The molecule has 0 saturated carbocycles. The van der Waals surface area contributed by atoms with Gasteiger partial charge in [0.1, 0.15) is 0 Å². The van der Waals surface area contributed by atoms with E-state index in [1.54, 1.807) is 49.1 Å². The molecule has 4 aromatic rings. The van der Waals surface area contributed by atoms with Crippen LogP contribution in [0.25, 0.3) is 12.2 Å². The molecule has 0 aliphatic rings. The second-order valence-electron chi connectivity index (χ2n) is 8.59. The lowest BCUT2D eigenvalue weighted by molar-refractivity contribution is -0.132. The number of ether oxygens (including phenoxy) is 4. The molecule has 0 aliphatic carbocycles. The average molecular weight is 657 g/mol. The summed E-state index contributed by atoms with van der Waals surface area (Å²) in [6.45, 7) is 0. The van der Waals surface area contributed by atoms with E-state index in [4.69, 9.17) is 39.7 Å². The highest BCUT2D eigenvalue weighted by molar-refractivity contribution is 5.86. The molecule has 0 atom stereocenters. The van der Waals surface area contributed by atoms with Crippen molar-refractivity contribution in [3.05, 3.63) is 108 Å². The first-order valence-corrected chi connectivity index (χ1v) is 13.4. The van der Waals surface area contributed by atoms with Crippen LogP contribution < -0.4 is 18.9 Å². The fraction of sp³-hybridized carbons (Fsp3) is 0.118. The van der Waals surface area contributed by atoms with E-state index >= 15 is 0 Å². The number of aromatic hydroxyl groups is 2. The van der Waals surface area contributed by atoms with Crippen LogP contribution in [0, 0.1) is 22.7 Å². The molecule has 0 unspecified atom stereocenters. The number of benzene rings is 2. The number of carboxylic acids is 2. The van der Waals surface area contributed by atoms with Gasteiger partial charge >= 0.3 is 11.9 Å². The first-order valence-electron chi connectivity index (χ1n) is 13.4. The number of methoxy groups -OCH3 is 4. The highest BCUT2D eigenvalue weighted by Crippen LogP contribution is 2.38. The van der Waals surface area contributed by atoms with Crippen LogP contribution >= 0.6 is 0 Å². The third-order valence-electron chi connectivity index (χ3n) is 5.46. The Bertz CT molecular complexity index is 1580. The molecule has 0 aliphatic heterocycles. The molecular weight excluding hydrogens is 624 g/mol. The lowest BCUT2D eigenvalue weighted by Gasteiger charge is -2.09. The molecule has 2 aromatic carbocycles. The maximum Gasteiger partial charge on any atom is 0.328 e. The molecule has 0 amide bonds. The second kappa shape index (κ2) is 21.6. The van der Waals surface area contributed by atoms with Gasteiger partial charge in [0.05, 0.1) is 51.7 Å². The average Bonchev–Trinajstić information content (AvgIpc) is 3.12. The molecule has 48 heavy (non-hydrogen) atoms. The Morgan fingerprint density at radius 1 is 0.604 bits per heavy atom. The highest BCUT2D eigenvalue weighted by Gasteiger charge is 2.11. The van der Waals surface area contributed by atoms with Crippen molar-refractivity contribution in [3.63, 3.8) is 0 Å². The van der Waals surface area contributed by atoms with Crippen molar-refractivity contribution in [2.75, 3.05) is 28.4 Å². The number of pyridine rings is 2. The topological polar surface area (TPSA) is 225 Å². The Hall–Kier alpha value is -7.06. The Labute approximate surface area is 276 Å². The van der Waals surface area contributed by atoms with E-state index in [2.05, 4.69) is 9.97 Å². The number of nitriles is 2. The number of hydrogen-bond acceptors (Lipinski definition) is 12. The van der Waals surface area contributed by atoms with Crippen LogP contribution in [-0.4, -0.2) is 70.8 Å². The molecule has 0 fully saturated rings. The Morgan fingerprint density at radius 3 is 1.06 bits per heavy atom. The van der Waals surface area contributed by atoms with Crippen LogP contribution in [0.3, 0.4) is 0 Å². The summed E-state index contributed by atoms with van der Waals surface area (Å²) in [5.74, 6) is -1.42. The zero-order valence-electron chi connectivity index (χ0n) is 26.3. The summed E-state index contributed by atoms with van der Waals surface area (Å²) in [6, 6.07) is 16.7. The molecule has 248 valence electrons. The summed E-state index contributed by atoms with van der Waals surface area (Å²) >= 11 is 0. The van der Waals surface area contributed by atoms with Gasteiger partial charge in [-0.1, -0.05) is 0 Å². The maximum absolute atomic E-state index is 10.3. The number of carbonyl (C=O) groups is 2. The Balaban J connectivity index is 0.000000336. The number of carboxylic acid groups (broad SMARTS) is 2. The Morgan fingerprint density at radius 2 is 0.875 bits per heavy atom. The summed E-state index contributed by atoms with van der Waals surface area (Å²) in [6.07, 6.45) is 11.1. The number of aliphatic carboxylic acids is 2. The lowest BCUT2D eigenvalue weighted by atomic mass is 10.1. The maximum atomic E-state index is 10.3. The van der Waals surface area contributed by atoms with Gasteiger partial charge in [-0.15, -0.1) is 0 Å². The predicted molar refractivity (Wildman–Crippen MR) is 174 cm³/mol. The smallest absolute Gasteiger partial charge is 0.328 e. The summed E-state index contributed by atoms with van der Waals surface area (Å²) in [5.41, 5.74) is 2.43. The molecule has 0 saturated heterocycles. The normalized spacial score (nSPS) is 9.54. The van der Waals surface area contributed by atoms with Crippen LogP contribution in [0.1, 0.15) is 22.3 Å². The summed E-state index contributed by atoms with van der Waals surface area (Å²) in [5, 5.41) is 52.7. The summed E-state index contributed by atoms with van der Waals surface area (Å²) in [4.78, 5) is 28.2. The largest absolute Gasteiger partial charge is 0.502 e. The van der Waals surface area contributed by atoms with E-state index in [1.807, 2.05) is 12.1 Å². The van der Waals surface area contributed by atoms with Gasteiger partial charge in [0.25, 0.3) is 0 Å². The van der Waals surface area contributed by atoms with E-state index in [0.29, 0.717) is 22.3 Å². The van der Waals surface area contributed by atoms with Gasteiger partial charge in [0.15, 0.2) is 23.0 Å². The molecule has 14 heteroatoms. The fourth-order valence-corrected chi connectivity index (χ4v) is 3.21. The minimum atomic E-state index is -1.05. The quantitative estimate of drug-likeness (QED) is 0.185. The minimum Gasteiger partial charge on any atom is -0.502 e. The van der Waals surface area contributed by atoms with E-state index in [9.17, 15) is 19.8 Å². The van der Waals surface area contributed by atoms with Gasteiger partial charge in [0.2, 0.25) is 11.5 Å². The monoisotopic (exact) mass is 656 g/mol. The zero-order chi connectivity index (χ0) is 35.9. The standard InChI is InChI=1S/2C11H12O5.2C6H4N2/c2*1-15-8-5-7(3-4-10(12)13)6-9(16-2)11(8)14;2*7-5-6-1-3-8-4-2-6/h2*3-6,14H,1-2H3,(H,12,13);2*1-4H/b2*4-3+;;. The van der Waals surface area contributed by atoms with Crippen molar-refractivity contribution in [3.8, 4) is 46.6 Å². The van der Waals surface area contributed by atoms with Gasteiger partial charge in [-0.3, -0.25) is 9.97 Å². The number of rotatable bonds is 8. The zero-order valence-corrected chi connectivity index (χ0v) is 26.3. The third-order valence-corrected chi connectivity index (χ3v) is 5.46. The van der Waals surface area contributed by atoms with Gasteiger partial charge in [-0.2, -0.15) is 10.5 Å². The van der Waals surface area contributed by atoms with Crippen LogP contribution in [0.2, 0.25) is 0 Å². The van der Waals surface area contributed by atoms with Gasteiger partial charge in [-0.05, 0) is 71.8 Å². The fourth-order valence-electron chi connectivity index (χ4n) is 3.21. The summed E-state index contributed by atoms with van der Waals surface area (Å²) in [7, 11) is 5.61. The molecule has 4 rings (SSSR count). The van der Waals surface area contributed by atoms with Crippen molar-refractivity contribution >= 4 is 24.1 Å². The van der Waals surface area contributed by atoms with Crippen LogP contribution in [0.4, 0.5) is 0 Å². The van der Waals surface area contributed by atoms with Crippen molar-refractivity contribution in [2.24, 2.45) is 0 Å². The second-order valence-corrected chi connectivity index (χ2v) is 8.59. The minimum absolute atomic E-state index is 0.113. The van der Waals surface area contributed by atoms with E-state index < -0.39 is 11.9 Å². The van der Waals surface area contributed by atoms with Crippen LogP contribution in [0.5, 0.6) is 34.5 Å². The van der Waals surface area contributed by atoms with Crippen molar-refractivity contribution in [1.82, 2.24) is 9.97 Å². The van der Waals surface area contributed by atoms with Gasteiger partial charge < -0.3 is 39.4 Å². The van der Waals surface area contributed by atoms with Crippen molar-refractivity contribution < 1.29 is 49.0 Å². The van der Waals surface area contributed by atoms with E-state index in [0.717, 1.165) is 12.2 Å². The highest BCUT2D eigenvalue weighted by atomic mass is 16.5. The number of hydrogen-bond donors (Lipinski definition) is 4.